The van der Waals surface area contributed by atoms with Crippen LogP contribution in [0.25, 0.3) is 10.2 Å². The van der Waals surface area contributed by atoms with E-state index in [9.17, 15) is 4.79 Å². The van der Waals surface area contributed by atoms with Crippen LogP contribution in [0.5, 0.6) is 0 Å². The molecule has 0 saturated carbocycles. The van der Waals surface area contributed by atoms with Crippen LogP contribution in [0.1, 0.15) is 15.4 Å². The van der Waals surface area contributed by atoms with Gasteiger partial charge in [-0.25, -0.2) is 4.98 Å². The lowest BCUT2D eigenvalue weighted by atomic mass is 10.2. The number of aromatic nitrogens is 1. The highest BCUT2D eigenvalue weighted by molar-refractivity contribution is 7.19. The number of benzene rings is 1. The molecule has 1 aromatic heterocycles. The Morgan fingerprint density at radius 2 is 2.31 bits per heavy atom. The Morgan fingerprint density at radius 1 is 1.54 bits per heavy atom. The predicted octanol–water partition coefficient (Wildman–Crippen LogP) is 3.07. The number of fused-ring (bicyclic) bond motifs is 1. The minimum absolute atomic E-state index is 0.572. The Morgan fingerprint density at radius 3 is 3.00 bits per heavy atom. The van der Waals surface area contributed by atoms with Crippen molar-refractivity contribution in [1.29, 1.82) is 0 Å². The second-order valence-corrected chi connectivity index (χ2v) is 4.31. The fraction of sp³-hybridized carbons (Fsp3) is 0.111. The largest absolute Gasteiger partial charge is 0.298 e. The molecule has 1 heterocycles. The molecule has 66 valence electrons. The van der Waals surface area contributed by atoms with Gasteiger partial charge in [-0.3, -0.25) is 4.79 Å². The van der Waals surface area contributed by atoms with Crippen molar-refractivity contribution in [1.82, 2.24) is 4.98 Å². The summed E-state index contributed by atoms with van der Waals surface area (Å²) in [5.74, 6) is 0. The number of hydrogen-bond donors (Lipinski definition) is 0. The Balaban J connectivity index is 2.82. The second kappa shape index (κ2) is 3.09. The monoisotopic (exact) mass is 211 g/mol. The second-order valence-electron chi connectivity index (χ2n) is 2.70. The zero-order valence-corrected chi connectivity index (χ0v) is 8.45. The summed E-state index contributed by atoms with van der Waals surface area (Å²) in [4.78, 5) is 14.8. The molecule has 0 N–H and O–H groups in total. The SMILES string of the molecule is Cc1nc2cc(C=O)cc(Cl)c2s1. The van der Waals surface area contributed by atoms with E-state index in [4.69, 9.17) is 11.6 Å². The van der Waals surface area contributed by atoms with Crippen LogP contribution in [-0.2, 0) is 0 Å². The molecule has 0 fully saturated rings. The number of aldehydes is 1. The van der Waals surface area contributed by atoms with E-state index in [1.165, 1.54) is 11.3 Å². The minimum atomic E-state index is 0.572. The molecule has 0 atom stereocenters. The van der Waals surface area contributed by atoms with Gasteiger partial charge in [0.2, 0.25) is 0 Å². The Labute approximate surface area is 84.2 Å². The van der Waals surface area contributed by atoms with Gasteiger partial charge in [-0.15, -0.1) is 11.3 Å². The third-order valence-corrected chi connectivity index (χ3v) is 3.14. The molecule has 1 aromatic carbocycles. The summed E-state index contributed by atoms with van der Waals surface area (Å²) < 4.78 is 0.949. The number of carbonyl (C=O) groups excluding carboxylic acids is 1. The van der Waals surface area contributed by atoms with Gasteiger partial charge < -0.3 is 0 Å². The highest BCUT2D eigenvalue weighted by Crippen LogP contribution is 2.29. The first-order chi connectivity index (χ1) is 6.20. The first-order valence-corrected chi connectivity index (χ1v) is 4.92. The third kappa shape index (κ3) is 1.45. The standard InChI is InChI=1S/C9H6ClNOS/c1-5-11-8-3-6(4-12)2-7(10)9(8)13-5/h2-4H,1H3. The lowest BCUT2D eigenvalue weighted by Crippen LogP contribution is -1.79. The Bertz CT molecular complexity index is 478. The van der Waals surface area contributed by atoms with Crippen LogP contribution in [0.4, 0.5) is 0 Å². The smallest absolute Gasteiger partial charge is 0.150 e. The fourth-order valence-electron chi connectivity index (χ4n) is 1.19. The van der Waals surface area contributed by atoms with E-state index in [0.717, 1.165) is 21.5 Å². The lowest BCUT2D eigenvalue weighted by Gasteiger charge is -1.93. The van der Waals surface area contributed by atoms with Crippen LogP contribution in [0.2, 0.25) is 5.02 Å². The van der Waals surface area contributed by atoms with Crippen LogP contribution in [0, 0.1) is 6.92 Å². The molecule has 4 heteroatoms. The van der Waals surface area contributed by atoms with Gasteiger partial charge in [0.05, 0.1) is 20.2 Å². The van der Waals surface area contributed by atoms with Crippen molar-refractivity contribution >= 4 is 39.4 Å². The molecular formula is C9H6ClNOS. The molecule has 0 aliphatic carbocycles. The molecule has 0 radical (unpaired) electrons. The summed E-state index contributed by atoms with van der Waals surface area (Å²) in [6, 6.07) is 3.41. The van der Waals surface area contributed by atoms with Gasteiger partial charge in [-0.05, 0) is 19.1 Å². The van der Waals surface area contributed by atoms with E-state index < -0.39 is 0 Å². The Hall–Kier alpha value is -0.930. The molecule has 0 aliphatic rings. The van der Waals surface area contributed by atoms with Gasteiger partial charge in [0.25, 0.3) is 0 Å². The highest BCUT2D eigenvalue weighted by atomic mass is 35.5. The van der Waals surface area contributed by atoms with Crippen molar-refractivity contribution < 1.29 is 4.79 Å². The van der Waals surface area contributed by atoms with E-state index in [1.807, 2.05) is 6.92 Å². The molecule has 13 heavy (non-hydrogen) atoms. The number of hydrogen-bond acceptors (Lipinski definition) is 3. The van der Waals surface area contributed by atoms with Crippen molar-refractivity contribution in [2.45, 2.75) is 6.92 Å². The van der Waals surface area contributed by atoms with Crippen LogP contribution in [0.3, 0.4) is 0 Å². The molecule has 0 unspecified atom stereocenters. The summed E-state index contributed by atoms with van der Waals surface area (Å²) in [6.45, 7) is 1.92. The van der Waals surface area contributed by atoms with Gasteiger partial charge in [0.1, 0.15) is 6.29 Å². The molecule has 2 aromatic rings. The summed E-state index contributed by atoms with van der Waals surface area (Å²) in [7, 11) is 0. The van der Waals surface area contributed by atoms with Crippen molar-refractivity contribution in [3.05, 3.63) is 27.7 Å². The molecule has 0 saturated heterocycles. The molecule has 2 rings (SSSR count). The number of carbonyl (C=O) groups is 1. The van der Waals surface area contributed by atoms with Crippen LogP contribution < -0.4 is 0 Å². The zero-order valence-electron chi connectivity index (χ0n) is 6.87. The topological polar surface area (TPSA) is 30.0 Å². The quantitative estimate of drug-likeness (QED) is 0.679. The van der Waals surface area contributed by atoms with Gasteiger partial charge in [0, 0.05) is 5.56 Å². The lowest BCUT2D eigenvalue weighted by molar-refractivity contribution is 0.112. The molecule has 0 spiro atoms. The van der Waals surface area contributed by atoms with Crippen molar-refractivity contribution in [2.75, 3.05) is 0 Å². The van der Waals surface area contributed by atoms with E-state index in [-0.39, 0.29) is 0 Å². The Kier molecular flexibility index (Phi) is 2.06. The van der Waals surface area contributed by atoms with Crippen LogP contribution in [-0.4, -0.2) is 11.3 Å². The van der Waals surface area contributed by atoms with Gasteiger partial charge in [-0.1, -0.05) is 11.6 Å². The highest BCUT2D eigenvalue weighted by Gasteiger charge is 2.06. The molecule has 0 aliphatic heterocycles. The maximum Gasteiger partial charge on any atom is 0.150 e. The number of aryl methyl sites for hydroxylation is 1. The van der Waals surface area contributed by atoms with Gasteiger partial charge in [0.15, 0.2) is 0 Å². The maximum absolute atomic E-state index is 10.5. The summed E-state index contributed by atoms with van der Waals surface area (Å²) >= 11 is 7.50. The average molecular weight is 212 g/mol. The average Bonchev–Trinajstić information content (AvgIpc) is 2.46. The third-order valence-electron chi connectivity index (χ3n) is 1.71. The first kappa shape index (κ1) is 8.66. The number of thiazole rings is 1. The first-order valence-electron chi connectivity index (χ1n) is 3.72. The fourth-order valence-corrected chi connectivity index (χ4v) is 2.34. The number of nitrogens with zero attached hydrogens (tertiary/aromatic N) is 1. The zero-order chi connectivity index (χ0) is 9.42. The van der Waals surface area contributed by atoms with E-state index in [0.29, 0.717) is 10.6 Å². The molecule has 0 bridgehead atoms. The van der Waals surface area contributed by atoms with E-state index in [2.05, 4.69) is 4.98 Å². The predicted molar refractivity (Wildman–Crippen MR) is 54.8 cm³/mol. The summed E-state index contributed by atoms with van der Waals surface area (Å²) in [5, 5.41) is 1.56. The molecule has 2 nitrogen and oxygen atoms in total. The van der Waals surface area contributed by atoms with Crippen LogP contribution in [0.15, 0.2) is 12.1 Å². The molecule has 0 amide bonds. The van der Waals surface area contributed by atoms with Crippen molar-refractivity contribution in [2.24, 2.45) is 0 Å². The van der Waals surface area contributed by atoms with Crippen molar-refractivity contribution in [3.63, 3.8) is 0 Å². The van der Waals surface area contributed by atoms with Crippen molar-refractivity contribution in [3.8, 4) is 0 Å². The number of halogens is 1. The van der Waals surface area contributed by atoms with Gasteiger partial charge >= 0.3 is 0 Å². The summed E-state index contributed by atoms with van der Waals surface area (Å²) in [5.41, 5.74) is 1.37. The normalized spacial score (nSPS) is 10.6. The van der Waals surface area contributed by atoms with Gasteiger partial charge in [-0.2, -0.15) is 0 Å². The number of rotatable bonds is 1. The maximum atomic E-state index is 10.5. The minimum Gasteiger partial charge on any atom is -0.298 e. The van der Waals surface area contributed by atoms with Crippen LogP contribution >= 0.6 is 22.9 Å². The van der Waals surface area contributed by atoms with E-state index in [1.54, 1.807) is 12.1 Å². The summed E-state index contributed by atoms with van der Waals surface area (Å²) in [6.07, 6.45) is 0.778. The molecular weight excluding hydrogens is 206 g/mol. The van der Waals surface area contributed by atoms with E-state index >= 15 is 0 Å².